The van der Waals surface area contributed by atoms with E-state index in [-0.39, 0.29) is 3.93 Å². The minimum absolute atomic E-state index is 0.249. The second-order valence-corrected chi connectivity index (χ2v) is 11.0. The molecule has 0 radical (unpaired) electrons. The molecule has 0 aromatic carbocycles. The van der Waals surface area contributed by atoms with E-state index >= 15 is 0 Å². The van der Waals surface area contributed by atoms with E-state index in [1.807, 2.05) is 32.9 Å². The van der Waals surface area contributed by atoms with Gasteiger partial charge in [0.25, 0.3) is 0 Å². The maximum atomic E-state index is 5.86. The zero-order valence-electron chi connectivity index (χ0n) is 9.73. The predicted octanol–water partition coefficient (Wildman–Crippen LogP) is 2.53. The van der Waals surface area contributed by atoms with Crippen molar-refractivity contribution in [1.29, 1.82) is 0 Å². The zero-order valence-corrected chi connectivity index (χ0v) is 12.6. The van der Waals surface area contributed by atoms with Crippen LogP contribution in [0.15, 0.2) is 24.3 Å². The third-order valence-corrected chi connectivity index (χ3v) is 11.5. The van der Waals surface area contributed by atoms with Crippen LogP contribution in [0.2, 0.25) is 3.93 Å². The molecule has 0 heterocycles. The van der Waals surface area contributed by atoms with Gasteiger partial charge in [-0.05, 0) is 0 Å². The summed E-state index contributed by atoms with van der Waals surface area (Å²) >= 11 is -3.35. The van der Waals surface area contributed by atoms with Gasteiger partial charge < -0.3 is 0 Å². The maximum absolute atomic E-state index is 5.86. The molecule has 1 aliphatic carbocycles. The van der Waals surface area contributed by atoms with Crippen LogP contribution in [0, 0.1) is 0 Å². The second-order valence-electron chi connectivity index (χ2n) is 3.20. The van der Waals surface area contributed by atoms with Gasteiger partial charge in [-0.3, -0.25) is 0 Å². The molecular weight excluding hydrogens is 299 g/mol. The minimum atomic E-state index is -3.35. The quantitative estimate of drug-likeness (QED) is 0.675. The molecule has 4 heteroatoms. The van der Waals surface area contributed by atoms with Gasteiger partial charge in [0, 0.05) is 0 Å². The Kier molecular flexibility index (Phi) is 5.89. The Labute approximate surface area is 97.6 Å². The average molecular weight is 319 g/mol. The number of hydrogen-bond donors (Lipinski definition) is 0. The van der Waals surface area contributed by atoms with E-state index in [1.165, 1.54) is 0 Å². The van der Waals surface area contributed by atoms with E-state index in [0.717, 1.165) is 0 Å². The Bertz CT molecular complexity index is 209. The van der Waals surface area contributed by atoms with E-state index in [0.29, 0.717) is 19.8 Å². The molecule has 86 valence electrons. The van der Waals surface area contributed by atoms with Crippen molar-refractivity contribution in [3.63, 3.8) is 0 Å². The molecule has 0 amide bonds. The van der Waals surface area contributed by atoms with E-state index in [9.17, 15) is 0 Å². The molecule has 0 unspecified atom stereocenters. The van der Waals surface area contributed by atoms with Crippen molar-refractivity contribution in [2.45, 2.75) is 24.7 Å². The third-order valence-electron chi connectivity index (χ3n) is 2.19. The molecule has 0 spiro atoms. The second kappa shape index (κ2) is 6.68. The van der Waals surface area contributed by atoms with Crippen molar-refractivity contribution in [3.8, 4) is 0 Å². The van der Waals surface area contributed by atoms with Crippen molar-refractivity contribution in [2.75, 3.05) is 19.8 Å². The summed E-state index contributed by atoms with van der Waals surface area (Å²) in [7, 11) is 0. The summed E-state index contributed by atoms with van der Waals surface area (Å²) in [6.07, 6.45) is 8.31. The van der Waals surface area contributed by atoms with Gasteiger partial charge in [-0.2, -0.15) is 0 Å². The molecule has 0 saturated heterocycles. The standard InChI is InChI=1S/C5H5.3C2H5O.Sn/c1-2-4-5-3-1;3*1-2-3;/h1-5H;3*2H2,1H3;/q;3*-1;+3. The van der Waals surface area contributed by atoms with Gasteiger partial charge in [-0.25, -0.2) is 0 Å². The van der Waals surface area contributed by atoms with Crippen LogP contribution >= 0.6 is 0 Å². The summed E-state index contributed by atoms with van der Waals surface area (Å²) in [5.74, 6) is 0. The SMILES string of the molecule is CC[O][Sn]([O]CC)([O]CC)[CH]1C=CC=C1. The monoisotopic (exact) mass is 320 g/mol. The molecule has 0 bridgehead atoms. The Morgan fingerprint density at radius 2 is 1.27 bits per heavy atom. The van der Waals surface area contributed by atoms with Crippen LogP contribution < -0.4 is 0 Å². The Morgan fingerprint density at radius 1 is 0.867 bits per heavy atom. The fourth-order valence-electron chi connectivity index (χ4n) is 1.68. The van der Waals surface area contributed by atoms with Gasteiger partial charge >= 0.3 is 97.7 Å². The zero-order chi connectivity index (χ0) is 11.1. The number of allylic oxidation sites excluding steroid dienone is 4. The van der Waals surface area contributed by atoms with Gasteiger partial charge in [0.1, 0.15) is 0 Å². The Morgan fingerprint density at radius 3 is 1.60 bits per heavy atom. The fourth-order valence-corrected chi connectivity index (χ4v) is 9.47. The molecule has 15 heavy (non-hydrogen) atoms. The van der Waals surface area contributed by atoms with Crippen LogP contribution in [0.3, 0.4) is 0 Å². The van der Waals surface area contributed by atoms with Crippen LogP contribution in [0.5, 0.6) is 0 Å². The van der Waals surface area contributed by atoms with Crippen LogP contribution in [-0.4, -0.2) is 39.4 Å². The van der Waals surface area contributed by atoms with Crippen LogP contribution in [0.25, 0.3) is 0 Å². The van der Waals surface area contributed by atoms with E-state index < -0.39 is 19.6 Å². The van der Waals surface area contributed by atoms with Crippen molar-refractivity contribution in [1.82, 2.24) is 0 Å². The van der Waals surface area contributed by atoms with Crippen molar-refractivity contribution in [2.24, 2.45) is 0 Å². The summed E-state index contributed by atoms with van der Waals surface area (Å²) in [4.78, 5) is 0. The molecule has 0 fully saturated rings. The molecule has 0 aliphatic heterocycles. The molecule has 0 saturated carbocycles. The molecule has 1 aliphatic rings. The molecule has 1 rings (SSSR count). The summed E-state index contributed by atoms with van der Waals surface area (Å²) in [5.41, 5.74) is 0. The summed E-state index contributed by atoms with van der Waals surface area (Å²) in [5, 5.41) is 0. The van der Waals surface area contributed by atoms with Crippen LogP contribution in [0.4, 0.5) is 0 Å². The molecule has 0 aromatic rings. The first-order valence-electron chi connectivity index (χ1n) is 5.56. The van der Waals surface area contributed by atoms with Gasteiger partial charge in [0.05, 0.1) is 0 Å². The fraction of sp³-hybridized carbons (Fsp3) is 0.636. The first-order chi connectivity index (χ1) is 7.29. The van der Waals surface area contributed by atoms with Crippen molar-refractivity contribution in [3.05, 3.63) is 24.3 Å². The molecular formula is C11H20O3Sn. The van der Waals surface area contributed by atoms with Crippen LogP contribution in [0.1, 0.15) is 20.8 Å². The van der Waals surface area contributed by atoms with Gasteiger partial charge in [0.15, 0.2) is 0 Å². The molecule has 0 N–H and O–H groups in total. The average Bonchev–Trinajstić information content (AvgIpc) is 2.72. The van der Waals surface area contributed by atoms with Gasteiger partial charge in [-0.15, -0.1) is 0 Å². The summed E-state index contributed by atoms with van der Waals surface area (Å²) < 4.78 is 17.8. The first kappa shape index (κ1) is 13.2. The molecule has 3 nitrogen and oxygen atoms in total. The first-order valence-corrected chi connectivity index (χ1v) is 10.7. The van der Waals surface area contributed by atoms with Crippen molar-refractivity contribution < 1.29 is 9.22 Å². The van der Waals surface area contributed by atoms with E-state index in [1.54, 1.807) is 0 Å². The van der Waals surface area contributed by atoms with Gasteiger partial charge in [0.2, 0.25) is 0 Å². The third kappa shape index (κ3) is 3.31. The van der Waals surface area contributed by atoms with Crippen LogP contribution in [-0.2, 0) is 9.22 Å². The molecule has 0 aromatic heterocycles. The van der Waals surface area contributed by atoms with Crippen molar-refractivity contribution >= 4 is 19.6 Å². The topological polar surface area (TPSA) is 27.7 Å². The predicted molar refractivity (Wildman–Crippen MR) is 62.7 cm³/mol. The van der Waals surface area contributed by atoms with E-state index in [2.05, 4.69) is 12.2 Å². The van der Waals surface area contributed by atoms with E-state index in [4.69, 9.17) is 9.22 Å². The normalized spacial score (nSPS) is 16.5. The Balaban J connectivity index is 2.78. The number of hydrogen-bond acceptors (Lipinski definition) is 3. The Hall–Kier alpha value is 0.159. The number of rotatable bonds is 7. The summed E-state index contributed by atoms with van der Waals surface area (Å²) in [6.45, 7) is 7.96. The summed E-state index contributed by atoms with van der Waals surface area (Å²) in [6, 6.07) is 0. The van der Waals surface area contributed by atoms with Gasteiger partial charge in [-0.1, -0.05) is 0 Å². The molecule has 0 atom stereocenters.